The van der Waals surface area contributed by atoms with Crippen LogP contribution in [0.2, 0.25) is 0 Å². The molecule has 0 bridgehead atoms. The number of nitrogens with zero attached hydrogens (tertiary/aromatic N) is 1. The first-order chi connectivity index (χ1) is 6.84. The van der Waals surface area contributed by atoms with E-state index >= 15 is 0 Å². The van der Waals surface area contributed by atoms with Crippen LogP contribution in [0.4, 0.5) is 10.6 Å². The number of nitrogens with one attached hydrogen (secondary N) is 3. The maximum atomic E-state index is 11.3. The van der Waals surface area contributed by atoms with Crippen LogP contribution in [-0.4, -0.2) is 35.5 Å². The fourth-order valence-corrected chi connectivity index (χ4v) is 1.32. The molecule has 1 aromatic rings. The van der Waals surface area contributed by atoms with Crippen molar-refractivity contribution in [3.05, 3.63) is 12.3 Å². The number of hydrogen-bond donors (Lipinski definition) is 3. The topological polar surface area (TPSA) is 79.0 Å². The Morgan fingerprint density at radius 3 is 3.29 bits per heavy atom. The zero-order valence-electron chi connectivity index (χ0n) is 7.62. The molecule has 1 saturated heterocycles. The van der Waals surface area contributed by atoms with Gasteiger partial charge in [0, 0.05) is 12.7 Å². The lowest BCUT2D eigenvalue weighted by atomic mass is 10.3. The number of amides is 2. The summed E-state index contributed by atoms with van der Waals surface area (Å²) >= 11 is 0. The molecule has 1 fully saturated rings. The number of ether oxygens (including phenoxy) is 1. The average Bonchev–Trinajstić information content (AvgIpc) is 2.76. The van der Waals surface area contributed by atoms with Gasteiger partial charge in [-0.15, -0.1) is 0 Å². The summed E-state index contributed by atoms with van der Waals surface area (Å²) in [6, 6.07) is 1.58. The Labute approximate surface area is 81.0 Å². The molecule has 1 aromatic heterocycles. The molecule has 1 aliphatic rings. The van der Waals surface area contributed by atoms with Crippen LogP contribution in [0.15, 0.2) is 12.3 Å². The molecule has 2 amide bonds. The summed E-state index contributed by atoms with van der Waals surface area (Å²) in [6.07, 6.45) is 2.45. The van der Waals surface area contributed by atoms with Crippen molar-refractivity contribution in [3.63, 3.8) is 0 Å². The molecule has 0 unspecified atom stereocenters. The molecule has 76 valence electrons. The van der Waals surface area contributed by atoms with Crippen molar-refractivity contribution in [2.75, 3.05) is 18.5 Å². The van der Waals surface area contributed by atoms with Crippen molar-refractivity contribution in [1.29, 1.82) is 0 Å². The molecule has 2 heterocycles. The van der Waals surface area contributed by atoms with E-state index in [2.05, 4.69) is 20.8 Å². The number of carbonyl (C=O) groups excluding carboxylic acids is 1. The zero-order valence-corrected chi connectivity index (χ0v) is 7.62. The first-order valence-corrected chi connectivity index (χ1v) is 4.49. The normalized spacial score (nSPS) is 20.7. The Morgan fingerprint density at radius 2 is 2.64 bits per heavy atom. The van der Waals surface area contributed by atoms with Crippen LogP contribution in [-0.2, 0) is 4.74 Å². The van der Waals surface area contributed by atoms with Gasteiger partial charge >= 0.3 is 6.03 Å². The van der Waals surface area contributed by atoms with E-state index in [0.29, 0.717) is 12.4 Å². The molecule has 6 nitrogen and oxygen atoms in total. The van der Waals surface area contributed by atoms with Crippen molar-refractivity contribution >= 4 is 11.8 Å². The van der Waals surface area contributed by atoms with Gasteiger partial charge in [-0.25, -0.2) is 4.79 Å². The van der Waals surface area contributed by atoms with Gasteiger partial charge < -0.3 is 10.1 Å². The summed E-state index contributed by atoms with van der Waals surface area (Å²) in [5.74, 6) is 0.585. The number of rotatable bonds is 2. The summed E-state index contributed by atoms with van der Waals surface area (Å²) in [6.45, 7) is 1.31. The third-order valence-electron chi connectivity index (χ3n) is 2.01. The second-order valence-corrected chi connectivity index (χ2v) is 3.13. The van der Waals surface area contributed by atoms with Gasteiger partial charge in [-0.2, -0.15) is 5.10 Å². The number of H-pyrrole nitrogens is 1. The van der Waals surface area contributed by atoms with Gasteiger partial charge in [-0.1, -0.05) is 0 Å². The average molecular weight is 196 g/mol. The number of anilines is 1. The molecule has 0 aliphatic carbocycles. The van der Waals surface area contributed by atoms with Crippen molar-refractivity contribution in [3.8, 4) is 0 Å². The van der Waals surface area contributed by atoms with E-state index in [1.807, 2.05) is 0 Å². The van der Waals surface area contributed by atoms with Gasteiger partial charge in [-0.05, 0) is 6.42 Å². The quantitative estimate of drug-likeness (QED) is 0.637. The maximum Gasteiger partial charge on any atom is 0.320 e. The second-order valence-electron chi connectivity index (χ2n) is 3.13. The van der Waals surface area contributed by atoms with Crippen LogP contribution in [0.1, 0.15) is 6.42 Å². The molecule has 0 radical (unpaired) electrons. The fraction of sp³-hybridized carbons (Fsp3) is 0.500. The van der Waals surface area contributed by atoms with Crippen LogP contribution in [0.5, 0.6) is 0 Å². The molecule has 0 saturated carbocycles. The monoisotopic (exact) mass is 196 g/mol. The lowest BCUT2D eigenvalue weighted by molar-refractivity contribution is 0.189. The lowest BCUT2D eigenvalue weighted by Crippen LogP contribution is -2.38. The van der Waals surface area contributed by atoms with Crippen molar-refractivity contribution in [1.82, 2.24) is 15.5 Å². The molecule has 3 N–H and O–H groups in total. The Hall–Kier alpha value is -1.56. The molecular weight excluding hydrogens is 184 g/mol. The SMILES string of the molecule is O=C(Nc1ccn[nH]1)N[C@H]1CCOC1. The van der Waals surface area contributed by atoms with Crippen LogP contribution < -0.4 is 10.6 Å². The first kappa shape index (κ1) is 9.01. The van der Waals surface area contributed by atoms with E-state index in [1.165, 1.54) is 0 Å². The number of urea groups is 1. The van der Waals surface area contributed by atoms with Gasteiger partial charge in [0.25, 0.3) is 0 Å². The Bertz CT molecular complexity index is 292. The van der Waals surface area contributed by atoms with Gasteiger partial charge in [0.1, 0.15) is 5.82 Å². The van der Waals surface area contributed by atoms with E-state index in [-0.39, 0.29) is 12.1 Å². The van der Waals surface area contributed by atoms with E-state index < -0.39 is 0 Å². The van der Waals surface area contributed by atoms with Crippen LogP contribution in [0, 0.1) is 0 Å². The highest BCUT2D eigenvalue weighted by Gasteiger charge is 2.17. The summed E-state index contributed by atoms with van der Waals surface area (Å²) in [5, 5.41) is 11.8. The zero-order chi connectivity index (χ0) is 9.80. The van der Waals surface area contributed by atoms with Gasteiger partial charge in [0.05, 0.1) is 18.8 Å². The minimum Gasteiger partial charge on any atom is -0.379 e. The highest BCUT2D eigenvalue weighted by atomic mass is 16.5. The second kappa shape index (κ2) is 4.10. The van der Waals surface area contributed by atoms with E-state index in [1.54, 1.807) is 12.3 Å². The van der Waals surface area contributed by atoms with Gasteiger partial charge in [0.2, 0.25) is 0 Å². The largest absolute Gasteiger partial charge is 0.379 e. The Kier molecular flexibility index (Phi) is 2.64. The molecule has 0 aromatic carbocycles. The van der Waals surface area contributed by atoms with E-state index in [4.69, 9.17) is 4.74 Å². The first-order valence-electron chi connectivity index (χ1n) is 4.49. The Balaban J connectivity index is 1.78. The van der Waals surface area contributed by atoms with Crippen LogP contribution in [0.3, 0.4) is 0 Å². The number of carbonyl (C=O) groups is 1. The van der Waals surface area contributed by atoms with Gasteiger partial charge in [-0.3, -0.25) is 10.4 Å². The molecule has 6 heteroatoms. The predicted octanol–water partition coefficient (Wildman–Crippen LogP) is 0.320. The minimum absolute atomic E-state index is 0.123. The molecule has 14 heavy (non-hydrogen) atoms. The molecule has 1 atom stereocenters. The summed E-state index contributed by atoms with van der Waals surface area (Å²) in [7, 11) is 0. The summed E-state index contributed by atoms with van der Waals surface area (Å²) in [4.78, 5) is 11.3. The molecule has 0 spiro atoms. The van der Waals surface area contributed by atoms with E-state index in [9.17, 15) is 4.79 Å². The summed E-state index contributed by atoms with van der Waals surface area (Å²) in [5.41, 5.74) is 0. The van der Waals surface area contributed by atoms with Crippen molar-refractivity contribution in [2.45, 2.75) is 12.5 Å². The third-order valence-corrected chi connectivity index (χ3v) is 2.01. The third kappa shape index (κ3) is 2.23. The highest BCUT2D eigenvalue weighted by Crippen LogP contribution is 2.04. The minimum atomic E-state index is -0.232. The number of aromatic amines is 1. The molecule has 2 rings (SSSR count). The summed E-state index contributed by atoms with van der Waals surface area (Å²) < 4.78 is 5.13. The highest BCUT2D eigenvalue weighted by molar-refractivity contribution is 5.88. The standard InChI is InChI=1S/C8H12N4O2/c13-8(10-6-2-4-14-5-6)11-7-1-3-9-12-7/h1,3,6H,2,4-5H2,(H3,9,10,11,12,13)/t6-/m0/s1. The lowest BCUT2D eigenvalue weighted by Gasteiger charge is -2.10. The van der Waals surface area contributed by atoms with Crippen LogP contribution >= 0.6 is 0 Å². The van der Waals surface area contributed by atoms with Crippen molar-refractivity contribution < 1.29 is 9.53 Å². The van der Waals surface area contributed by atoms with Crippen molar-refractivity contribution in [2.24, 2.45) is 0 Å². The molecular formula is C8H12N4O2. The number of hydrogen-bond acceptors (Lipinski definition) is 3. The fourth-order valence-electron chi connectivity index (χ4n) is 1.32. The Morgan fingerprint density at radius 1 is 1.71 bits per heavy atom. The molecule has 1 aliphatic heterocycles. The smallest absolute Gasteiger partial charge is 0.320 e. The van der Waals surface area contributed by atoms with Crippen LogP contribution in [0.25, 0.3) is 0 Å². The van der Waals surface area contributed by atoms with Gasteiger partial charge in [0.15, 0.2) is 0 Å². The maximum absolute atomic E-state index is 11.3. The number of aromatic nitrogens is 2. The predicted molar refractivity (Wildman–Crippen MR) is 50.0 cm³/mol. The van der Waals surface area contributed by atoms with E-state index in [0.717, 1.165) is 13.0 Å².